The maximum Gasteiger partial charge on any atom is 0.257 e. The molecule has 3 aromatic rings. The minimum atomic E-state index is -0.263. The standard InChI is InChI=1S/C19H15ClN4O2S/c20-11-4-5-12-16(9-11)27-19(22-12)23-17(25)10-3-6-14-13(8-10)21-18(26)15-2-1-7-24(14)15/h3-6,8-9,15H,1-2,7H2,(H,21,26)(H,22,23,25)/t15-/m1/s1. The van der Waals surface area contributed by atoms with E-state index in [9.17, 15) is 9.59 Å². The molecule has 1 atom stereocenters. The molecule has 2 aliphatic rings. The average Bonchev–Trinajstić information content (AvgIpc) is 3.28. The van der Waals surface area contributed by atoms with Gasteiger partial charge in [-0.1, -0.05) is 22.9 Å². The van der Waals surface area contributed by atoms with Crippen LogP contribution in [0.15, 0.2) is 36.4 Å². The minimum Gasteiger partial charge on any atom is -0.358 e. The summed E-state index contributed by atoms with van der Waals surface area (Å²) in [6.07, 6.45) is 1.87. The summed E-state index contributed by atoms with van der Waals surface area (Å²) in [5, 5.41) is 6.91. The van der Waals surface area contributed by atoms with Gasteiger partial charge in [-0.2, -0.15) is 0 Å². The SMILES string of the molecule is O=C(Nc1nc2ccc(Cl)cc2s1)c1ccc2c(c1)NC(=O)[C@H]1CCCN21. The van der Waals surface area contributed by atoms with Gasteiger partial charge in [-0.15, -0.1) is 0 Å². The van der Waals surface area contributed by atoms with Crippen molar-refractivity contribution in [1.82, 2.24) is 4.98 Å². The van der Waals surface area contributed by atoms with E-state index in [2.05, 4.69) is 20.5 Å². The Kier molecular flexibility index (Phi) is 3.80. The molecule has 1 saturated heterocycles. The van der Waals surface area contributed by atoms with Crippen LogP contribution in [0.1, 0.15) is 23.2 Å². The number of amides is 2. The predicted molar refractivity (Wildman–Crippen MR) is 108 cm³/mol. The number of hydrogen-bond acceptors (Lipinski definition) is 5. The van der Waals surface area contributed by atoms with Gasteiger partial charge in [0.15, 0.2) is 5.13 Å². The Balaban J connectivity index is 1.42. The Bertz CT molecular complexity index is 1100. The molecule has 27 heavy (non-hydrogen) atoms. The number of nitrogens with zero attached hydrogens (tertiary/aromatic N) is 2. The van der Waals surface area contributed by atoms with Gasteiger partial charge < -0.3 is 10.2 Å². The second-order valence-corrected chi connectivity index (χ2v) is 8.12. The average molecular weight is 399 g/mol. The maximum absolute atomic E-state index is 12.7. The van der Waals surface area contributed by atoms with Gasteiger partial charge in [0, 0.05) is 17.1 Å². The third-order valence-electron chi connectivity index (χ3n) is 4.95. The topological polar surface area (TPSA) is 74.3 Å². The fourth-order valence-corrected chi connectivity index (χ4v) is 4.83. The first-order chi connectivity index (χ1) is 13.1. The normalized spacial score (nSPS) is 18.2. The van der Waals surface area contributed by atoms with E-state index in [0.29, 0.717) is 21.4 Å². The van der Waals surface area contributed by atoms with Gasteiger partial charge in [0.25, 0.3) is 5.91 Å². The number of fused-ring (bicyclic) bond motifs is 4. The monoisotopic (exact) mass is 398 g/mol. The van der Waals surface area contributed by atoms with Gasteiger partial charge in [-0.05, 0) is 49.2 Å². The number of benzene rings is 2. The second-order valence-electron chi connectivity index (χ2n) is 6.66. The van der Waals surface area contributed by atoms with Crippen molar-refractivity contribution < 1.29 is 9.59 Å². The van der Waals surface area contributed by atoms with Gasteiger partial charge in [-0.3, -0.25) is 14.9 Å². The van der Waals surface area contributed by atoms with Crippen LogP contribution in [-0.2, 0) is 4.79 Å². The molecule has 2 amide bonds. The van der Waals surface area contributed by atoms with E-state index in [0.717, 1.165) is 35.3 Å². The molecule has 3 heterocycles. The summed E-state index contributed by atoms with van der Waals surface area (Å²) in [5.41, 5.74) is 2.92. The molecular weight excluding hydrogens is 384 g/mol. The van der Waals surface area contributed by atoms with E-state index in [-0.39, 0.29) is 17.9 Å². The smallest absolute Gasteiger partial charge is 0.257 e. The number of carbonyl (C=O) groups excluding carboxylic acids is 2. The highest BCUT2D eigenvalue weighted by Gasteiger charge is 2.36. The van der Waals surface area contributed by atoms with Crippen LogP contribution >= 0.6 is 22.9 Å². The number of hydrogen-bond donors (Lipinski definition) is 2. The van der Waals surface area contributed by atoms with E-state index >= 15 is 0 Å². The van der Waals surface area contributed by atoms with E-state index in [1.54, 1.807) is 18.2 Å². The maximum atomic E-state index is 12.7. The molecule has 2 aliphatic heterocycles. The zero-order valence-electron chi connectivity index (χ0n) is 14.2. The van der Waals surface area contributed by atoms with Crippen LogP contribution in [0.3, 0.4) is 0 Å². The zero-order valence-corrected chi connectivity index (χ0v) is 15.7. The molecule has 0 unspecified atom stereocenters. The van der Waals surface area contributed by atoms with Crippen molar-refractivity contribution in [2.24, 2.45) is 0 Å². The molecule has 0 saturated carbocycles. The van der Waals surface area contributed by atoms with Crippen molar-refractivity contribution in [2.75, 3.05) is 22.1 Å². The van der Waals surface area contributed by atoms with Crippen LogP contribution in [0.2, 0.25) is 5.02 Å². The molecule has 1 fully saturated rings. The first kappa shape index (κ1) is 16.5. The highest BCUT2D eigenvalue weighted by molar-refractivity contribution is 7.22. The number of halogens is 1. The highest BCUT2D eigenvalue weighted by atomic mass is 35.5. The van der Waals surface area contributed by atoms with Crippen LogP contribution < -0.4 is 15.5 Å². The summed E-state index contributed by atoms with van der Waals surface area (Å²) in [5.74, 6) is -0.263. The molecule has 1 aromatic heterocycles. The first-order valence-corrected chi connectivity index (χ1v) is 9.87. The Hall–Kier alpha value is -2.64. The lowest BCUT2D eigenvalue weighted by Crippen LogP contribution is -2.43. The van der Waals surface area contributed by atoms with Gasteiger partial charge in [0.1, 0.15) is 6.04 Å². The lowest BCUT2D eigenvalue weighted by atomic mass is 10.1. The number of anilines is 3. The number of aromatic nitrogens is 1. The molecule has 0 spiro atoms. The predicted octanol–water partition coefficient (Wildman–Crippen LogP) is 4.12. The first-order valence-electron chi connectivity index (χ1n) is 8.67. The van der Waals surface area contributed by atoms with Crippen LogP contribution in [0.4, 0.5) is 16.5 Å². The van der Waals surface area contributed by atoms with Crippen LogP contribution in [0.5, 0.6) is 0 Å². The number of thiazole rings is 1. The Labute approximate surface area is 164 Å². The lowest BCUT2D eigenvalue weighted by Gasteiger charge is -2.33. The lowest BCUT2D eigenvalue weighted by molar-refractivity contribution is -0.117. The molecule has 5 rings (SSSR count). The van der Waals surface area contributed by atoms with Crippen molar-refractivity contribution in [3.05, 3.63) is 47.0 Å². The van der Waals surface area contributed by atoms with Crippen LogP contribution in [0.25, 0.3) is 10.2 Å². The summed E-state index contributed by atoms with van der Waals surface area (Å²) in [6, 6.07) is 10.7. The number of carbonyl (C=O) groups is 2. The van der Waals surface area contributed by atoms with E-state index in [4.69, 9.17) is 11.6 Å². The number of rotatable bonds is 2. The molecular formula is C19H15ClN4O2S. The largest absolute Gasteiger partial charge is 0.358 e. The van der Waals surface area contributed by atoms with Gasteiger partial charge in [0.2, 0.25) is 5.91 Å². The fraction of sp³-hybridized carbons (Fsp3) is 0.211. The summed E-state index contributed by atoms with van der Waals surface area (Å²) in [4.78, 5) is 31.5. The zero-order chi connectivity index (χ0) is 18.5. The van der Waals surface area contributed by atoms with Gasteiger partial charge in [0.05, 0.1) is 21.6 Å². The van der Waals surface area contributed by atoms with Crippen molar-refractivity contribution in [2.45, 2.75) is 18.9 Å². The van der Waals surface area contributed by atoms with E-state index < -0.39 is 0 Å². The molecule has 0 bridgehead atoms. The molecule has 0 radical (unpaired) electrons. The van der Waals surface area contributed by atoms with Crippen molar-refractivity contribution in [1.29, 1.82) is 0 Å². The summed E-state index contributed by atoms with van der Waals surface area (Å²) in [6.45, 7) is 0.866. The fourth-order valence-electron chi connectivity index (χ4n) is 3.69. The summed E-state index contributed by atoms with van der Waals surface area (Å²) < 4.78 is 0.913. The molecule has 6 nitrogen and oxygen atoms in total. The second kappa shape index (κ2) is 6.21. The van der Waals surface area contributed by atoms with Crippen LogP contribution in [-0.4, -0.2) is 29.4 Å². The highest BCUT2D eigenvalue weighted by Crippen LogP contribution is 2.37. The van der Waals surface area contributed by atoms with Crippen molar-refractivity contribution in [3.8, 4) is 0 Å². The Morgan fingerprint density at radius 3 is 3.07 bits per heavy atom. The quantitative estimate of drug-likeness (QED) is 0.680. The Morgan fingerprint density at radius 2 is 2.19 bits per heavy atom. The number of nitrogens with one attached hydrogen (secondary N) is 2. The molecule has 2 N–H and O–H groups in total. The third kappa shape index (κ3) is 2.83. The summed E-state index contributed by atoms with van der Waals surface area (Å²) >= 11 is 7.37. The van der Waals surface area contributed by atoms with Gasteiger partial charge >= 0.3 is 0 Å². The van der Waals surface area contributed by atoms with Crippen LogP contribution in [0, 0.1) is 0 Å². The molecule has 2 aromatic carbocycles. The van der Waals surface area contributed by atoms with E-state index in [1.807, 2.05) is 18.2 Å². The molecule has 8 heteroatoms. The summed E-state index contributed by atoms with van der Waals surface area (Å²) in [7, 11) is 0. The van der Waals surface area contributed by atoms with Crippen molar-refractivity contribution >= 4 is 61.5 Å². The molecule has 136 valence electrons. The van der Waals surface area contributed by atoms with E-state index in [1.165, 1.54) is 11.3 Å². The van der Waals surface area contributed by atoms with Gasteiger partial charge in [-0.25, -0.2) is 4.98 Å². The van der Waals surface area contributed by atoms with Crippen molar-refractivity contribution in [3.63, 3.8) is 0 Å². The Morgan fingerprint density at radius 1 is 1.30 bits per heavy atom. The molecule has 0 aliphatic carbocycles. The third-order valence-corrected chi connectivity index (χ3v) is 6.12. The minimum absolute atomic E-state index is 0.000565.